The highest BCUT2D eigenvalue weighted by Gasteiger charge is 2.29. The molecule has 0 spiro atoms. The smallest absolute Gasteiger partial charge is 0.338 e. The molecule has 0 saturated carbocycles. The lowest BCUT2D eigenvalue weighted by Gasteiger charge is -2.21. The van der Waals surface area contributed by atoms with E-state index in [2.05, 4.69) is 4.98 Å². The van der Waals surface area contributed by atoms with Crippen molar-refractivity contribution in [3.05, 3.63) is 60.0 Å². The predicted octanol–water partition coefficient (Wildman–Crippen LogP) is 3.26. The van der Waals surface area contributed by atoms with Gasteiger partial charge in [0.25, 0.3) is 0 Å². The summed E-state index contributed by atoms with van der Waals surface area (Å²) in [5.74, 6) is -0.409. The maximum atomic E-state index is 13.3. The Labute approximate surface area is 181 Å². The van der Waals surface area contributed by atoms with Crippen molar-refractivity contribution in [1.82, 2.24) is 13.7 Å². The third-order valence-corrected chi connectivity index (χ3v) is 7.27. The summed E-state index contributed by atoms with van der Waals surface area (Å²) >= 11 is 0. The number of ether oxygens (including phenoxy) is 2. The lowest BCUT2D eigenvalue weighted by Crippen LogP contribution is -2.32. The Morgan fingerprint density at radius 1 is 1.10 bits per heavy atom. The molecule has 3 aromatic rings. The number of nitrogens with zero attached hydrogens (tertiary/aromatic N) is 3. The SMILES string of the molecule is COc1ccc(C(=O)OCc2cn3ccccc3n2)cc1S(=O)(=O)N1CCCCCC1. The highest BCUT2D eigenvalue weighted by Crippen LogP contribution is 2.29. The lowest BCUT2D eigenvalue weighted by molar-refractivity contribution is 0.0468. The Morgan fingerprint density at radius 3 is 2.58 bits per heavy atom. The fourth-order valence-corrected chi connectivity index (χ4v) is 5.40. The molecule has 0 unspecified atom stereocenters. The number of benzene rings is 1. The van der Waals surface area contributed by atoms with Crippen LogP contribution in [0.3, 0.4) is 0 Å². The van der Waals surface area contributed by atoms with Crippen molar-refractivity contribution in [2.75, 3.05) is 20.2 Å². The van der Waals surface area contributed by atoms with E-state index in [1.54, 1.807) is 6.20 Å². The summed E-state index contributed by atoms with van der Waals surface area (Å²) in [5.41, 5.74) is 1.51. The molecular weight excluding hydrogens is 418 g/mol. The largest absolute Gasteiger partial charge is 0.495 e. The zero-order valence-corrected chi connectivity index (χ0v) is 18.2. The van der Waals surface area contributed by atoms with Gasteiger partial charge in [0.15, 0.2) is 0 Å². The van der Waals surface area contributed by atoms with Crippen LogP contribution in [0.15, 0.2) is 53.7 Å². The number of pyridine rings is 1. The summed E-state index contributed by atoms with van der Waals surface area (Å²) in [6.45, 7) is 0.919. The number of aromatic nitrogens is 2. The Kier molecular flexibility index (Phi) is 6.24. The average molecular weight is 444 g/mol. The van der Waals surface area contributed by atoms with Crippen LogP contribution in [-0.4, -0.2) is 48.3 Å². The average Bonchev–Trinajstić information content (AvgIpc) is 2.99. The van der Waals surface area contributed by atoms with E-state index in [4.69, 9.17) is 9.47 Å². The van der Waals surface area contributed by atoms with E-state index < -0.39 is 16.0 Å². The molecule has 0 radical (unpaired) electrons. The summed E-state index contributed by atoms with van der Waals surface area (Å²) < 4.78 is 40.5. The van der Waals surface area contributed by atoms with E-state index in [-0.39, 0.29) is 22.8 Å². The highest BCUT2D eigenvalue weighted by molar-refractivity contribution is 7.89. The number of imidazole rings is 1. The molecule has 3 heterocycles. The maximum Gasteiger partial charge on any atom is 0.338 e. The Morgan fingerprint density at radius 2 is 1.87 bits per heavy atom. The van der Waals surface area contributed by atoms with Gasteiger partial charge in [-0.25, -0.2) is 18.2 Å². The number of rotatable bonds is 6. The fourth-order valence-electron chi connectivity index (χ4n) is 3.71. The van der Waals surface area contributed by atoms with E-state index in [0.717, 1.165) is 31.3 Å². The van der Waals surface area contributed by atoms with Crippen LogP contribution in [0.25, 0.3) is 5.65 Å². The van der Waals surface area contributed by atoms with Crippen LogP contribution < -0.4 is 4.74 Å². The van der Waals surface area contributed by atoms with Crippen molar-refractivity contribution in [1.29, 1.82) is 0 Å². The number of hydrogen-bond donors (Lipinski definition) is 0. The summed E-state index contributed by atoms with van der Waals surface area (Å²) in [5, 5.41) is 0. The zero-order valence-electron chi connectivity index (χ0n) is 17.4. The predicted molar refractivity (Wildman–Crippen MR) is 115 cm³/mol. The van der Waals surface area contributed by atoms with Gasteiger partial charge in [0.1, 0.15) is 22.9 Å². The molecular formula is C22H25N3O5S. The van der Waals surface area contributed by atoms with E-state index in [9.17, 15) is 13.2 Å². The molecule has 31 heavy (non-hydrogen) atoms. The third-order valence-electron chi connectivity index (χ3n) is 5.35. The van der Waals surface area contributed by atoms with Crippen LogP contribution in [0.4, 0.5) is 0 Å². The van der Waals surface area contributed by atoms with E-state index in [0.29, 0.717) is 18.8 Å². The highest BCUT2D eigenvalue weighted by atomic mass is 32.2. The Balaban J connectivity index is 1.55. The Hall–Kier alpha value is -2.91. The molecule has 4 rings (SSSR count). The van der Waals surface area contributed by atoms with Crippen molar-refractivity contribution in [2.24, 2.45) is 0 Å². The summed E-state index contributed by atoms with van der Waals surface area (Å²) in [4.78, 5) is 17.0. The molecule has 0 N–H and O–H groups in total. The van der Waals surface area contributed by atoms with Crippen molar-refractivity contribution in [2.45, 2.75) is 37.2 Å². The molecule has 0 amide bonds. The molecule has 8 nitrogen and oxygen atoms in total. The van der Waals surface area contributed by atoms with Crippen molar-refractivity contribution >= 4 is 21.6 Å². The second-order valence-electron chi connectivity index (χ2n) is 7.46. The van der Waals surface area contributed by atoms with Gasteiger partial charge < -0.3 is 13.9 Å². The lowest BCUT2D eigenvalue weighted by atomic mass is 10.2. The first kappa shape index (κ1) is 21.3. The molecule has 1 saturated heterocycles. The minimum absolute atomic E-state index is 0.0131. The number of sulfonamides is 1. The van der Waals surface area contributed by atoms with Crippen LogP contribution in [0.2, 0.25) is 0 Å². The van der Waals surface area contributed by atoms with Gasteiger partial charge in [-0.05, 0) is 43.2 Å². The summed E-state index contributed by atoms with van der Waals surface area (Å²) in [6.07, 6.45) is 7.31. The van der Waals surface area contributed by atoms with Crippen LogP contribution in [0.5, 0.6) is 5.75 Å². The normalized spacial score (nSPS) is 15.5. The van der Waals surface area contributed by atoms with Crippen molar-refractivity contribution in [3.63, 3.8) is 0 Å². The molecule has 1 fully saturated rings. The monoisotopic (exact) mass is 443 g/mol. The first-order valence-corrected chi connectivity index (χ1v) is 11.7. The number of fused-ring (bicyclic) bond motifs is 1. The van der Waals surface area contributed by atoms with Crippen LogP contribution >= 0.6 is 0 Å². The summed E-state index contributed by atoms with van der Waals surface area (Å²) in [7, 11) is -2.37. The van der Waals surface area contributed by atoms with Crippen LogP contribution in [-0.2, 0) is 21.4 Å². The number of methoxy groups -OCH3 is 1. The van der Waals surface area contributed by atoms with E-state index in [1.807, 2.05) is 28.8 Å². The standard InChI is InChI=1S/C22H25N3O5S/c1-29-19-10-9-17(14-20(19)31(27,28)25-12-5-2-3-6-13-25)22(26)30-16-18-15-24-11-7-4-8-21(24)23-18/h4,7-11,14-15H,2-3,5-6,12-13,16H2,1H3. The van der Waals surface area contributed by atoms with Crippen molar-refractivity contribution in [3.8, 4) is 5.75 Å². The van der Waals surface area contributed by atoms with Gasteiger partial charge in [0.2, 0.25) is 10.0 Å². The molecule has 0 aliphatic carbocycles. The molecule has 1 aliphatic rings. The molecule has 1 aromatic carbocycles. The van der Waals surface area contributed by atoms with Gasteiger partial charge in [-0.1, -0.05) is 18.9 Å². The second-order valence-corrected chi connectivity index (χ2v) is 9.36. The molecule has 9 heteroatoms. The maximum absolute atomic E-state index is 13.3. The van der Waals surface area contributed by atoms with Gasteiger partial charge in [-0.3, -0.25) is 0 Å². The molecule has 0 atom stereocenters. The number of hydrogen-bond acceptors (Lipinski definition) is 6. The number of esters is 1. The molecule has 2 aromatic heterocycles. The fraction of sp³-hybridized carbons (Fsp3) is 0.364. The van der Waals surface area contributed by atoms with Crippen molar-refractivity contribution < 1.29 is 22.7 Å². The van der Waals surface area contributed by atoms with Crippen LogP contribution in [0.1, 0.15) is 41.7 Å². The Bertz CT molecular complexity index is 1150. The van der Waals surface area contributed by atoms with Gasteiger partial charge in [-0.15, -0.1) is 0 Å². The van der Waals surface area contributed by atoms with Gasteiger partial charge in [0.05, 0.1) is 18.4 Å². The third kappa shape index (κ3) is 4.57. The second kappa shape index (κ2) is 9.07. The number of carbonyl (C=O) groups is 1. The first-order valence-electron chi connectivity index (χ1n) is 10.3. The molecule has 1 aliphatic heterocycles. The zero-order chi connectivity index (χ0) is 21.8. The minimum atomic E-state index is -3.78. The van der Waals surface area contributed by atoms with Gasteiger partial charge >= 0.3 is 5.97 Å². The van der Waals surface area contributed by atoms with E-state index in [1.165, 1.54) is 29.6 Å². The molecule has 164 valence electrons. The first-order chi connectivity index (χ1) is 15.0. The molecule has 0 bridgehead atoms. The van der Waals surface area contributed by atoms with Gasteiger partial charge in [0, 0.05) is 25.5 Å². The van der Waals surface area contributed by atoms with E-state index >= 15 is 0 Å². The van der Waals surface area contributed by atoms with Gasteiger partial charge in [-0.2, -0.15) is 4.31 Å². The van der Waals surface area contributed by atoms with Crippen LogP contribution in [0, 0.1) is 0 Å². The quantitative estimate of drug-likeness (QED) is 0.543. The summed E-state index contributed by atoms with van der Waals surface area (Å²) in [6, 6.07) is 9.95. The minimum Gasteiger partial charge on any atom is -0.495 e. The number of carbonyl (C=O) groups excluding carboxylic acids is 1. The topological polar surface area (TPSA) is 90.2 Å².